The molecule has 1 aromatic heterocycles. The first-order valence-electron chi connectivity index (χ1n) is 11.8. The molecule has 2 amide bonds. The lowest BCUT2D eigenvalue weighted by atomic mass is 9.72. The maximum atomic E-state index is 13.4. The summed E-state index contributed by atoms with van der Waals surface area (Å²) in [5.41, 5.74) is 3.64. The molecule has 1 unspecified atom stereocenters. The number of halogens is 1. The fourth-order valence-electron chi connectivity index (χ4n) is 4.35. The van der Waals surface area contributed by atoms with E-state index in [1.54, 1.807) is 24.3 Å². The van der Waals surface area contributed by atoms with Crippen molar-refractivity contribution in [2.24, 2.45) is 11.3 Å². The van der Waals surface area contributed by atoms with Crippen LogP contribution in [0.1, 0.15) is 53.6 Å². The van der Waals surface area contributed by atoms with Crippen LogP contribution in [0.5, 0.6) is 5.75 Å². The van der Waals surface area contributed by atoms with Crippen LogP contribution in [0.15, 0.2) is 48.5 Å². The zero-order valence-electron chi connectivity index (χ0n) is 20.5. The molecule has 184 valence electrons. The standard InChI is InChI=1S/C28H31ClN2O3S/c1-17-8-11-20(12-9-17)30-26(33)25-22-13-10-18(28(2,3)4)14-23(22)35-27(25)31-24(32)16-34-21-7-5-6-19(29)15-21/h5-9,11-12,15,18H,10,13-14,16H2,1-4H3,(H,30,33)(H,31,32). The summed E-state index contributed by atoms with van der Waals surface area (Å²) in [6, 6.07) is 14.6. The fourth-order valence-corrected chi connectivity index (χ4v) is 5.87. The van der Waals surface area contributed by atoms with Gasteiger partial charge in [0.25, 0.3) is 11.8 Å². The van der Waals surface area contributed by atoms with Crippen molar-refractivity contribution in [1.29, 1.82) is 0 Å². The maximum absolute atomic E-state index is 13.4. The monoisotopic (exact) mass is 510 g/mol. The molecule has 0 bridgehead atoms. The first-order chi connectivity index (χ1) is 16.6. The molecule has 1 aliphatic carbocycles. The van der Waals surface area contributed by atoms with Crippen molar-refractivity contribution in [3.05, 3.63) is 75.1 Å². The third-order valence-electron chi connectivity index (χ3n) is 6.45. The number of carbonyl (C=O) groups excluding carboxylic acids is 2. The summed E-state index contributed by atoms with van der Waals surface area (Å²) in [6.45, 7) is 8.61. The topological polar surface area (TPSA) is 67.4 Å². The molecule has 1 aliphatic rings. The quantitative estimate of drug-likeness (QED) is 0.370. The number of aryl methyl sites for hydroxylation is 1. The summed E-state index contributed by atoms with van der Waals surface area (Å²) in [5, 5.41) is 7.07. The highest BCUT2D eigenvalue weighted by atomic mass is 35.5. The van der Waals surface area contributed by atoms with Gasteiger partial charge >= 0.3 is 0 Å². The second-order valence-electron chi connectivity index (χ2n) is 10.1. The first-order valence-corrected chi connectivity index (χ1v) is 13.0. The largest absolute Gasteiger partial charge is 0.484 e. The molecule has 0 saturated carbocycles. The van der Waals surface area contributed by atoms with Gasteiger partial charge in [0.1, 0.15) is 10.8 Å². The Morgan fingerprint density at radius 3 is 2.54 bits per heavy atom. The predicted molar refractivity (Wildman–Crippen MR) is 144 cm³/mol. The van der Waals surface area contributed by atoms with E-state index in [0.29, 0.717) is 27.3 Å². The number of anilines is 2. The van der Waals surface area contributed by atoms with E-state index in [9.17, 15) is 9.59 Å². The van der Waals surface area contributed by atoms with Crippen LogP contribution >= 0.6 is 22.9 Å². The van der Waals surface area contributed by atoms with E-state index in [1.165, 1.54) is 16.2 Å². The predicted octanol–water partition coefficient (Wildman–Crippen LogP) is 7.13. The van der Waals surface area contributed by atoms with E-state index in [0.717, 1.165) is 36.1 Å². The molecule has 0 fully saturated rings. The van der Waals surface area contributed by atoms with Crippen LogP contribution in [0, 0.1) is 18.3 Å². The molecule has 7 heteroatoms. The van der Waals surface area contributed by atoms with Gasteiger partial charge in [0.05, 0.1) is 5.56 Å². The second kappa shape index (κ2) is 10.4. The Morgan fingerprint density at radius 2 is 1.86 bits per heavy atom. The van der Waals surface area contributed by atoms with Crippen molar-refractivity contribution >= 4 is 45.4 Å². The maximum Gasteiger partial charge on any atom is 0.262 e. The molecule has 1 atom stereocenters. The third-order valence-corrected chi connectivity index (χ3v) is 7.85. The lowest BCUT2D eigenvalue weighted by Crippen LogP contribution is -2.27. The number of amides is 2. The smallest absolute Gasteiger partial charge is 0.262 e. The van der Waals surface area contributed by atoms with Crippen LogP contribution < -0.4 is 15.4 Å². The summed E-state index contributed by atoms with van der Waals surface area (Å²) in [5.74, 6) is 0.520. The lowest BCUT2D eigenvalue weighted by molar-refractivity contribution is -0.118. The van der Waals surface area contributed by atoms with Gasteiger partial charge < -0.3 is 15.4 Å². The number of rotatable bonds is 6. The van der Waals surface area contributed by atoms with Crippen molar-refractivity contribution in [3.63, 3.8) is 0 Å². The van der Waals surface area contributed by atoms with Crippen molar-refractivity contribution < 1.29 is 14.3 Å². The number of thiophene rings is 1. The number of hydrogen-bond donors (Lipinski definition) is 2. The Kier molecular flexibility index (Phi) is 7.53. The van der Waals surface area contributed by atoms with Gasteiger partial charge in [0.2, 0.25) is 0 Å². The molecule has 5 nitrogen and oxygen atoms in total. The Hall–Kier alpha value is -2.83. The molecule has 2 aromatic carbocycles. The van der Waals surface area contributed by atoms with Gasteiger partial charge in [-0.15, -0.1) is 11.3 Å². The summed E-state index contributed by atoms with van der Waals surface area (Å²) >= 11 is 7.51. The number of carbonyl (C=O) groups is 2. The van der Waals surface area contributed by atoms with Crippen molar-refractivity contribution in [2.45, 2.75) is 47.0 Å². The average molecular weight is 511 g/mol. The highest BCUT2D eigenvalue weighted by Gasteiger charge is 2.34. The minimum Gasteiger partial charge on any atom is -0.484 e. The average Bonchev–Trinajstić information content (AvgIpc) is 3.15. The normalized spacial score (nSPS) is 15.3. The Bertz CT molecular complexity index is 1230. The lowest BCUT2D eigenvalue weighted by Gasteiger charge is -2.33. The van der Waals surface area contributed by atoms with E-state index in [4.69, 9.17) is 16.3 Å². The highest BCUT2D eigenvalue weighted by Crippen LogP contribution is 2.44. The minimum atomic E-state index is -0.319. The summed E-state index contributed by atoms with van der Waals surface area (Å²) in [4.78, 5) is 27.4. The van der Waals surface area contributed by atoms with Gasteiger partial charge in [-0.2, -0.15) is 0 Å². The molecule has 1 heterocycles. The Labute approximate surface area is 215 Å². The molecule has 35 heavy (non-hydrogen) atoms. The van der Waals surface area contributed by atoms with Gasteiger partial charge in [0, 0.05) is 15.6 Å². The highest BCUT2D eigenvalue weighted by molar-refractivity contribution is 7.17. The van der Waals surface area contributed by atoms with Crippen LogP contribution in [0.2, 0.25) is 5.02 Å². The molecule has 0 aliphatic heterocycles. The number of ether oxygens (including phenoxy) is 1. The molecular weight excluding hydrogens is 480 g/mol. The van der Waals surface area contributed by atoms with Gasteiger partial charge in [-0.1, -0.05) is 56.1 Å². The van der Waals surface area contributed by atoms with Crippen molar-refractivity contribution in [3.8, 4) is 5.75 Å². The zero-order valence-corrected chi connectivity index (χ0v) is 22.1. The molecule has 0 spiro atoms. The summed E-state index contributed by atoms with van der Waals surface area (Å²) in [6.07, 6.45) is 2.74. The van der Waals surface area contributed by atoms with E-state index in [-0.39, 0.29) is 23.8 Å². The minimum absolute atomic E-state index is 0.174. The van der Waals surface area contributed by atoms with E-state index >= 15 is 0 Å². The van der Waals surface area contributed by atoms with Gasteiger partial charge in [-0.05, 0) is 73.4 Å². The Morgan fingerprint density at radius 1 is 1.11 bits per heavy atom. The molecule has 4 rings (SSSR count). The Balaban J connectivity index is 1.57. The van der Waals surface area contributed by atoms with Crippen molar-refractivity contribution in [2.75, 3.05) is 17.2 Å². The van der Waals surface area contributed by atoms with E-state index < -0.39 is 0 Å². The molecule has 0 saturated heterocycles. The van der Waals surface area contributed by atoms with Gasteiger partial charge in [-0.25, -0.2) is 0 Å². The molecular formula is C28H31ClN2O3S. The molecule has 0 radical (unpaired) electrons. The van der Waals surface area contributed by atoms with Crippen LogP contribution in [-0.4, -0.2) is 18.4 Å². The molecule has 2 N–H and O–H groups in total. The first kappa shape index (κ1) is 25.3. The number of nitrogens with one attached hydrogen (secondary N) is 2. The zero-order chi connectivity index (χ0) is 25.2. The molecule has 3 aromatic rings. The number of fused-ring (bicyclic) bond motifs is 1. The SMILES string of the molecule is Cc1ccc(NC(=O)c2c(NC(=O)COc3cccc(Cl)c3)sc3c2CCC(C(C)(C)C)C3)cc1. The van der Waals surface area contributed by atoms with Gasteiger partial charge in [-0.3, -0.25) is 9.59 Å². The van der Waals surface area contributed by atoms with E-state index in [2.05, 4.69) is 31.4 Å². The second-order valence-corrected chi connectivity index (χ2v) is 11.7. The van der Waals surface area contributed by atoms with Crippen LogP contribution in [-0.2, 0) is 17.6 Å². The fraction of sp³-hybridized carbons (Fsp3) is 0.357. The third kappa shape index (κ3) is 6.24. The van der Waals surface area contributed by atoms with E-state index in [1.807, 2.05) is 31.2 Å². The van der Waals surface area contributed by atoms with Crippen LogP contribution in [0.25, 0.3) is 0 Å². The van der Waals surface area contributed by atoms with Crippen molar-refractivity contribution in [1.82, 2.24) is 0 Å². The van der Waals surface area contributed by atoms with Crippen LogP contribution in [0.4, 0.5) is 10.7 Å². The van der Waals surface area contributed by atoms with Gasteiger partial charge in [0.15, 0.2) is 6.61 Å². The summed E-state index contributed by atoms with van der Waals surface area (Å²) in [7, 11) is 0. The van der Waals surface area contributed by atoms with Crippen LogP contribution in [0.3, 0.4) is 0 Å². The number of hydrogen-bond acceptors (Lipinski definition) is 4. The summed E-state index contributed by atoms with van der Waals surface area (Å²) < 4.78 is 5.60. The number of benzene rings is 2.